The van der Waals surface area contributed by atoms with Gasteiger partial charge in [0.1, 0.15) is 84.9 Å². The summed E-state index contributed by atoms with van der Waals surface area (Å²) in [5.41, 5.74) is 8.16. The fourth-order valence-electron chi connectivity index (χ4n) is 11.9. The van der Waals surface area contributed by atoms with Gasteiger partial charge < -0.3 is 105 Å². The third kappa shape index (κ3) is 42.9. The number of methoxy groups -OCH3 is 4. The van der Waals surface area contributed by atoms with Crippen LogP contribution in [0.15, 0.2) is 196 Å². The largest absolute Gasteiger partial charge is 0.497 e. The summed E-state index contributed by atoms with van der Waals surface area (Å²) >= 11 is 30.1. The lowest BCUT2D eigenvalue weighted by molar-refractivity contribution is 0.0594. The molecule has 147 heavy (non-hydrogen) atoms. The van der Waals surface area contributed by atoms with Crippen LogP contribution in [0, 0.1) is 0 Å². The van der Waals surface area contributed by atoms with E-state index >= 15 is 0 Å². The fraction of sp³-hybridized carbons (Fsp3) is 0.295. The molecule has 780 valence electrons. The SMILES string of the molecule is CN(C)CCOc1ccc(Cl)cc1NC(=O)Nc1cnc(N)cn1.CN(C)CCOc1ccc(Cl)cc1NC(=O)Nc1cncc(N2CCCC2)n1.COC(=O)c1nccnc1NC(=O)Nc1cc(Cl)ccc1OCCN(C)C.COc1ccc(NC(=O)Nc2cnccn2)c(OC)c1.COc1cncc(NC(=O)Nc2cc(Cl)ccc2OCCN(C)C)n1.O=C(Nc1cnccn1)Nc1cc(Cl)ccc1OCCN1CC1. The van der Waals surface area contributed by atoms with Crippen molar-refractivity contribution in [2.75, 3.05) is 251 Å². The van der Waals surface area contributed by atoms with Gasteiger partial charge in [-0.3, -0.25) is 56.7 Å². The first kappa shape index (κ1) is 115. The van der Waals surface area contributed by atoms with E-state index in [1.165, 1.54) is 102 Å². The van der Waals surface area contributed by atoms with Crippen LogP contribution >= 0.6 is 58.0 Å². The van der Waals surface area contributed by atoms with E-state index in [9.17, 15) is 33.6 Å². The first-order valence-corrected chi connectivity index (χ1v) is 46.7. The van der Waals surface area contributed by atoms with E-state index in [4.69, 9.17) is 102 Å². The Bertz CT molecular complexity index is 6230. The Labute approximate surface area is 873 Å². The van der Waals surface area contributed by atoms with Crippen LogP contribution < -0.4 is 112 Å². The van der Waals surface area contributed by atoms with Gasteiger partial charge in [-0.1, -0.05) is 58.0 Å². The lowest BCUT2D eigenvalue weighted by atomic mass is 10.2. The van der Waals surface area contributed by atoms with E-state index in [0.29, 0.717) is 162 Å². The summed E-state index contributed by atoms with van der Waals surface area (Å²) in [6.45, 7) is 10.4. The predicted octanol–water partition coefficient (Wildman–Crippen LogP) is 15.4. The van der Waals surface area contributed by atoms with Crippen molar-refractivity contribution in [1.29, 1.82) is 0 Å². The van der Waals surface area contributed by atoms with Gasteiger partial charge in [-0.05, 0) is 172 Å². The lowest BCUT2D eigenvalue weighted by Gasteiger charge is -2.17. The second-order valence-electron chi connectivity index (χ2n) is 31.7. The molecule has 2 saturated heterocycles. The van der Waals surface area contributed by atoms with Gasteiger partial charge in [-0.15, -0.1) is 0 Å². The molecular weight excluding hydrogens is 2010 g/mol. The van der Waals surface area contributed by atoms with Crippen molar-refractivity contribution < 1.29 is 76.2 Å². The van der Waals surface area contributed by atoms with Crippen LogP contribution in [-0.4, -0.2) is 303 Å². The average Bonchev–Trinajstić information content (AvgIpc) is 0.978. The van der Waals surface area contributed by atoms with Gasteiger partial charge in [0.05, 0.1) is 112 Å². The molecule has 6 aromatic heterocycles. The molecule has 0 unspecified atom stereocenters. The van der Waals surface area contributed by atoms with Crippen molar-refractivity contribution in [2.24, 2.45) is 0 Å². The molecule has 0 saturated carbocycles. The van der Waals surface area contributed by atoms with E-state index in [0.717, 1.165) is 71.0 Å². The van der Waals surface area contributed by atoms with E-state index in [1.807, 2.05) is 76.0 Å². The van der Waals surface area contributed by atoms with E-state index in [1.54, 1.807) is 123 Å². The monoisotopic (exact) mass is 2120 g/mol. The minimum atomic E-state index is -0.714. The third-order valence-electron chi connectivity index (χ3n) is 19.2. The number of carbonyl (C=O) groups excluding carboxylic acids is 7. The van der Waals surface area contributed by atoms with Crippen LogP contribution in [0.4, 0.5) is 109 Å². The van der Waals surface area contributed by atoms with Crippen molar-refractivity contribution in [1.82, 2.24) is 84.3 Å². The van der Waals surface area contributed by atoms with Crippen molar-refractivity contribution >= 4 is 181 Å². The zero-order valence-electron chi connectivity index (χ0n) is 82.3. The van der Waals surface area contributed by atoms with Crippen molar-refractivity contribution in [3.05, 3.63) is 227 Å². The van der Waals surface area contributed by atoms with E-state index in [2.05, 4.69) is 138 Å². The van der Waals surface area contributed by atoms with Crippen LogP contribution in [0.2, 0.25) is 25.1 Å². The topological polar surface area (TPSA) is 547 Å². The highest BCUT2D eigenvalue weighted by Crippen LogP contribution is 2.35. The second-order valence-corrected chi connectivity index (χ2v) is 33.9. The number of nitrogens with zero attached hydrogens (tertiary/aromatic N) is 18. The molecule has 6 aromatic carbocycles. The first-order valence-electron chi connectivity index (χ1n) is 44.8. The molecule has 47 nitrogen and oxygen atoms in total. The molecule has 2 fully saturated rings. The minimum absolute atomic E-state index is 0.0287. The molecule has 2 aliphatic rings. The fourth-order valence-corrected chi connectivity index (χ4v) is 12.8. The van der Waals surface area contributed by atoms with Crippen molar-refractivity contribution in [2.45, 2.75) is 12.8 Å². The summed E-state index contributed by atoms with van der Waals surface area (Å²) in [5.74, 6) is 6.02. The molecule has 14 N–H and O–H groups in total. The quantitative estimate of drug-likeness (QED) is 0.0127. The molecule has 14 rings (SSSR count). The number of carbonyl (C=O) groups is 7. The molecule has 0 aliphatic carbocycles. The minimum Gasteiger partial charge on any atom is -0.497 e. The summed E-state index contributed by atoms with van der Waals surface area (Å²) in [6.07, 6.45) is 22.7. The molecule has 0 atom stereocenters. The number of likely N-dealkylation sites (N-methyl/N-ethyl adjacent to an activating group) is 4. The van der Waals surface area contributed by atoms with Crippen molar-refractivity contribution in [3.8, 4) is 46.1 Å². The molecule has 2 aliphatic heterocycles. The van der Waals surface area contributed by atoms with Gasteiger partial charge in [0.25, 0.3) is 0 Å². The van der Waals surface area contributed by atoms with Gasteiger partial charge in [0.2, 0.25) is 5.88 Å². The zero-order valence-corrected chi connectivity index (χ0v) is 86.1. The Morgan fingerprint density at radius 1 is 0.340 bits per heavy atom. The van der Waals surface area contributed by atoms with Gasteiger partial charge in [0.15, 0.2) is 40.6 Å². The van der Waals surface area contributed by atoms with Gasteiger partial charge in [-0.2, -0.15) is 4.98 Å². The molecule has 12 amide bonds. The highest BCUT2D eigenvalue weighted by Gasteiger charge is 2.23. The highest BCUT2D eigenvalue weighted by atomic mass is 35.5. The second kappa shape index (κ2) is 61.3. The number of nitrogens with two attached hydrogens (primary N) is 1. The first-order chi connectivity index (χ1) is 70.7. The Kier molecular flexibility index (Phi) is 47.9. The standard InChI is InChI=1S/C19H25ClN6O2.C17H20ClN5O4.C16H20ClN5O3.C15H19ClN6O2.C15H16ClN5O2.C13H14N4O3/c1-25(2)9-10-28-16-6-5-14(20)11-15(16)22-19(27)24-17-12-21-13-18(23-17)26-7-3-4-8-26;1-23(2)8-9-27-13-5-4-11(18)10-12(13)21-17(25)22-15-14(16(24)26-3)19-6-7-20-15;1-22(2)6-7-25-13-5-4-11(17)8-12(13)19-16(23)21-14-9-18-10-15(20-14)24-3;1-22(2)5-6-24-12-4-3-10(16)7-11(12)20-15(23)21-14-9-18-13(17)8-19-14;16-11-1-2-13(23-8-7-21-5-6-21)12(9-11)19-15(22)20-14-10-17-3-4-18-14;1-19-9-3-4-10(11(7-9)20-2)16-13(18)17-12-8-14-5-6-15-12/h5-6,11-13H,3-4,7-10H2,1-2H3,(H2,22,23,24,27);4-7,10H,8-9H2,1-3H3,(H2,20,21,22,25);4-5,8-10H,6-7H2,1-3H3,(H2,19,20,21,23);3-4,7-9H,5-6H2,1-2H3,(H2,17,18)(H2,19,20,21,23);1-4,9-10H,5-8H2,(H2,18,19,20,22);3-8H,1-2H3,(H2,15,16,17,18). The number of hydrogen-bond acceptors (Lipinski definition) is 35. The summed E-state index contributed by atoms with van der Waals surface area (Å²) < 4.78 is 48.4. The summed E-state index contributed by atoms with van der Waals surface area (Å²) in [6, 6.07) is 27.3. The normalized spacial score (nSPS) is 11.4. The van der Waals surface area contributed by atoms with Crippen LogP contribution in [-0.2, 0) is 4.74 Å². The molecular formula is C95H114Cl5N31O16. The van der Waals surface area contributed by atoms with E-state index < -0.39 is 42.2 Å². The lowest BCUT2D eigenvalue weighted by Crippen LogP contribution is -2.23. The highest BCUT2D eigenvalue weighted by molar-refractivity contribution is 6.32. The van der Waals surface area contributed by atoms with Crippen LogP contribution in [0.25, 0.3) is 0 Å². The van der Waals surface area contributed by atoms with Crippen LogP contribution in [0.3, 0.4) is 0 Å². The maximum absolute atomic E-state index is 12.4. The number of aromatic nitrogens is 12. The van der Waals surface area contributed by atoms with Crippen LogP contribution in [0.5, 0.6) is 46.1 Å². The maximum atomic E-state index is 12.4. The predicted molar refractivity (Wildman–Crippen MR) is 567 cm³/mol. The Morgan fingerprint density at radius 3 is 1.09 bits per heavy atom. The van der Waals surface area contributed by atoms with Crippen molar-refractivity contribution in [3.63, 3.8) is 0 Å². The van der Waals surface area contributed by atoms with Gasteiger partial charge in [-0.25, -0.2) is 68.4 Å². The Morgan fingerprint density at radius 2 is 0.714 bits per heavy atom. The number of hydrogen-bond donors (Lipinski definition) is 13. The number of benzene rings is 6. The number of anilines is 14. The number of urea groups is 6. The number of rotatable bonds is 37. The number of nitrogen functional groups attached to an aromatic ring is 1. The smallest absolute Gasteiger partial charge is 0.360 e. The summed E-state index contributed by atoms with van der Waals surface area (Å²) in [4.78, 5) is 145. The molecule has 0 spiro atoms. The Hall–Kier alpha value is -15.9. The molecule has 0 radical (unpaired) electrons. The summed E-state index contributed by atoms with van der Waals surface area (Å²) in [7, 11) is 21.3. The molecule has 52 heteroatoms. The Balaban J connectivity index is 0.000000197. The summed E-state index contributed by atoms with van der Waals surface area (Å²) in [5, 5.41) is 34.0. The van der Waals surface area contributed by atoms with Gasteiger partial charge >= 0.3 is 42.2 Å². The average molecular weight is 2120 g/mol. The van der Waals surface area contributed by atoms with E-state index in [-0.39, 0.29) is 29.0 Å². The number of amides is 12. The number of halogens is 5. The number of nitrogens with one attached hydrogen (secondary N) is 12. The van der Waals surface area contributed by atoms with Crippen LogP contribution in [0.1, 0.15) is 23.3 Å². The van der Waals surface area contributed by atoms with Gasteiger partial charge in [0, 0.05) is 127 Å². The zero-order chi connectivity index (χ0) is 106. The molecule has 8 heterocycles. The third-order valence-corrected chi connectivity index (χ3v) is 20.4. The molecule has 12 aromatic rings. The number of ether oxygens (including phenoxy) is 9. The number of esters is 1. The molecule has 0 bridgehead atoms. The maximum Gasteiger partial charge on any atom is 0.360 e.